The van der Waals surface area contributed by atoms with E-state index in [1.807, 2.05) is 24.0 Å². The van der Waals surface area contributed by atoms with E-state index in [9.17, 15) is 4.79 Å². The van der Waals surface area contributed by atoms with Crippen molar-refractivity contribution in [3.63, 3.8) is 0 Å². The number of amides is 1. The zero-order chi connectivity index (χ0) is 15.5. The lowest BCUT2D eigenvalue weighted by molar-refractivity contribution is 0.0776. The van der Waals surface area contributed by atoms with Gasteiger partial charge in [0.05, 0.1) is 6.61 Å². The van der Waals surface area contributed by atoms with Crippen molar-refractivity contribution < 1.29 is 9.90 Å². The van der Waals surface area contributed by atoms with Crippen LogP contribution in [0.3, 0.4) is 0 Å². The van der Waals surface area contributed by atoms with Gasteiger partial charge in [-0.15, -0.1) is 0 Å². The van der Waals surface area contributed by atoms with Crippen LogP contribution in [0.15, 0.2) is 30.5 Å². The van der Waals surface area contributed by atoms with Crippen molar-refractivity contribution >= 4 is 5.91 Å². The summed E-state index contributed by atoms with van der Waals surface area (Å²) in [4.78, 5) is 21.3. The smallest absolute Gasteiger partial charge is 0.289 e. The van der Waals surface area contributed by atoms with E-state index in [2.05, 4.69) is 22.1 Å². The lowest BCUT2D eigenvalue weighted by Gasteiger charge is -2.15. The van der Waals surface area contributed by atoms with Crippen LogP contribution in [0, 0.1) is 12.8 Å². The molecule has 22 heavy (non-hydrogen) atoms. The van der Waals surface area contributed by atoms with Gasteiger partial charge in [-0.25, -0.2) is 4.98 Å². The van der Waals surface area contributed by atoms with Crippen LogP contribution in [0.2, 0.25) is 0 Å². The Hall–Kier alpha value is -2.14. The number of H-pyrrole nitrogens is 1. The summed E-state index contributed by atoms with van der Waals surface area (Å²) in [6, 6.07) is 8.04. The van der Waals surface area contributed by atoms with E-state index in [0.29, 0.717) is 11.7 Å². The average molecular weight is 299 g/mol. The van der Waals surface area contributed by atoms with E-state index in [4.69, 9.17) is 5.11 Å². The summed E-state index contributed by atoms with van der Waals surface area (Å²) in [6.07, 6.45) is 3.67. The molecule has 0 saturated carbocycles. The van der Waals surface area contributed by atoms with E-state index in [1.54, 1.807) is 6.20 Å². The number of aromatic amines is 1. The first-order valence-electron chi connectivity index (χ1n) is 7.65. The van der Waals surface area contributed by atoms with Crippen LogP contribution >= 0.6 is 0 Å². The second-order valence-corrected chi connectivity index (χ2v) is 6.00. The molecule has 3 rings (SSSR count). The highest BCUT2D eigenvalue weighted by Gasteiger charge is 2.28. The monoisotopic (exact) mass is 299 g/mol. The van der Waals surface area contributed by atoms with Gasteiger partial charge in [0.1, 0.15) is 0 Å². The largest absolute Gasteiger partial charge is 0.392 e. The maximum absolute atomic E-state index is 12.3. The van der Waals surface area contributed by atoms with Crippen LogP contribution in [0.1, 0.15) is 33.9 Å². The van der Waals surface area contributed by atoms with E-state index >= 15 is 0 Å². The Labute approximate surface area is 130 Å². The number of nitrogens with zero attached hydrogens (tertiary/aromatic N) is 2. The van der Waals surface area contributed by atoms with Crippen molar-refractivity contribution in [1.82, 2.24) is 14.9 Å². The normalized spacial score (nSPS) is 17.9. The van der Waals surface area contributed by atoms with Gasteiger partial charge in [-0.2, -0.15) is 0 Å². The van der Waals surface area contributed by atoms with Crippen LogP contribution in [-0.2, 0) is 13.0 Å². The van der Waals surface area contributed by atoms with E-state index in [-0.39, 0.29) is 12.5 Å². The fourth-order valence-corrected chi connectivity index (χ4v) is 2.97. The third-order valence-corrected chi connectivity index (χ3v) is 4.21. The van der Waals surface area contributed by atoms with Crippen molar-refractivity contribution in [2.45, 2.75) is 26.4 Å². The maximum Gasteiger partial charge on any atom is 0.289 e. The highest BCUT2D eigenvalue weighted by Crippen LogP contribution is 2.22. The van der Waals surface area contributed by atoms with Gasteiger partial charge in [0, 0.05) is 25.0 Å². The number of carbonyl (C=O) groups is 1. The summed E-state index contributed by atoms with van der Waals surface area (Å²) < 4.78 is 0. The Kier molecular flexibility index (Phi) is 4.24. The molecule has 1 aliphatic rings. The molecule has 1 aliphatic heterocycles. The van der Waals surface area contributed by atoms with Gasteiger partial charge >= 0.3 is 0 Å². The van der Waals surface area contributed by atoms with E-state index in [0.717, 1.165) is 37.2 Å². The van der Waals surface area contributed by atoms with Crippen LogP contribution in [0.25, 0.3) is 0 Å². The summed E-state index contributed by atoms with van der Waals surface area (Å²) in [5.41, 5.74) is 3.09. The number of hydrogen-bond donors (Lipinski definition) is 2. The number of imidazole rings is 1. The molecule has 2 aromatic rings. The summed E-state index contributed by atoms with van der Waals surface area (Å²) in [5.74, 6) is 0.914. The molecule has 0 bridgehead atoms. The van der Waals surface area contributed by atoms with Crippen LogP contribution in [0.5, 0.6) is 0 Å². The maximum atomic E-state index is 12.3. The quantitative estimate of drug-likeness (QED) is 0.906. The first-order valence-corrected chi connectivity index (χ1v) is 7.65. The van der Waals surface area contributed by atoms with Crippen LogP contribution in [-0.4, -0.2) is 39.0 Å². The molecule has 116 valence electrons. The fraction of sp³-hybridized carbons (Fsp3) is 0.412. The number of hydrogen-bond acceptors (Lipinski definition) is 3. The molecule has 1 atom stereocenters. The van der Waals surface area contributed by atoms with Crippen molar-refractivity contribution in [2.24, 2.45) is 5.92 Å². The van der Waals surface area contributed by atoms with Crippen molar-refractivity contribution in [3.05, 3.63) is 53.1 Å². The molecule has 5 heteroatoms. The number of nitrogens with one attached hydrogen (secondary N) is 1. The molecule has 1 unspecified atom stereocenters. The van der Waals surface area contributed by atoms with Gasteiger partial charge in [0.25, 0.3) is 5.91 Å². The minimum atomic E-state index is -0.00812. The predicted octanol–water partition coefficient (Wildman–Crippen LogP) is 1.92. The molecule has 0 radical (unpaired) electrons. The summed E-state index contributed by atoms with van der Waals surface area (Å²) >= 11 is 0. The molecule has 5 nitrogen and oxygen atoms in total. The molecular weight excluding hydrogens is 278 g/mol. The Morgan fingerprint density at radius 2 is 2.09 bits per heavy atom. The number of aryl methyl sites for hydroxylation is 1. The molecule has 1 aromatic carbocycles. The third kappa shape index (κ3) is 3.20. The van der Waals surface area contributed by atoms with Gasteiger partial charge < -0.3 is 15.0 Å². The zero-order valence-corrected chi connectivity index (χ0v) is 12.7. The zero-order valence-electron chi connectivity index (χ0n) is 12.7. The Bertz CT molecular complexity index is 648. The van der Waals surface area contributed by atoms with Gasteiger partial charge in [0.2, 0.25) is 0 Å². The molecule has 0 spiro atoms. The lowest BCUT2D eigenvalue weighted by atomic mass is 9.98. The Balaban J connectivity index is 1.58. The molecule has 1 saturated heterocycles. The minimum Gasteiger partial charge on any atom is -0.392 e. The summed E-state index contributed by atoms with van der Waals surface area (Å²) in [6.45, 7) is 3.54. The number of carbonyl (C=O) groups excluding carboxylic acids is 1. The first kappa shape index (κ1) is 14.8. The molecule has 1 fully saturated rings. The van der Waals surface area contributed by atoms with Crippen molar-refractivity contribution in [2.75, 3.05) is 13.1 Å². The highest BCUT2D eigenvalue weighted by molar-refractivity contribution is 5.90. The second kappa shape index (κ2) is 6.32. The van der Waals surface area contributed by atoms with Gasteiger partial charge in [0.15, 0.2) is 5.82 Å². The molecular formula is C17H21N3O2. The first-order chi connectivity index (χ1) is 10.7. The predicted molar refractivity (Wildman–Crippen MR) is 83.4 cm³/mol. The van der Waals surface area contributed by atoms with Crippen LogP contribution in [0.4, 0.5) is 0 Å². The number of benzene rings is 1. The van der Waals surface area contributed by atoms with Gasteiger partial charge in [-0.3, -0.25) is 4.79 Å². The topological polar surface area (TPSA) is 69.2 Å². The molecule has 1 aromatic heterocycles. The molecule has 0 aliphatic carbocycles. The number of aliphatic hydroxyl groups is 1. The highest BCUT2D eigenvalue weighted by atomic mass is 16.3. The fourth-order valence-electron chi connectivity index (χ4n) is 2.97. The molecule has 2 N–H and O–H groups in total. The Morgan fingerprint density at radius 1 is 1.36 bits per heavy atom. The molecule has 1 amide bonds. The van der Waals surface area contributed by atoms with Gasteiger partial charge in [-0.05, 0) is 36.8 Å². The average Bonchev–Trinajstić information content (AvgIpc) is 3.16. The Morgan fingerprint density at radius 3 is 2.73 bits per heavy atom. The standard InChI is InChI=1S/C17H21N3O2/c1-12-9-18-16(19-12)17(22)20-7-6-15(10-20)8-13-2-4-14(11-21)5-3-13/h2-5,9,15,21H,6-8,10-11H2,1H3,(H,18,19). The van der Waals surface area contributed by atoms with E-state index in [1.165, 1.54) is 5.56 Å². The number of likely N-dealkylation sites (tertiary alicyclic amines) is 1. The summed E-state index contributed by atoms with van der Waals surface area (Å²) in [7, 11) is 0. The third-order valence-electron chi connectivity index (χ3n) is 4.21. The lowest BCUT2D eigenvalue weighted by Crippen LogP contribution is -2.29. The van der Waals surface area contributed by atoms with Crippen LogP contribution < -0.4 is 0 Å². The van der Waals surface area contributed by atoms with Crippen molar-refractivity contribution in [1.29, 1.82) is 0 Å². The van der Waals surface area contributed by atoms with E-state index < -0.39 is 0 Å². The van der Waals surface area contributed by atoms with Crippen molar-refractivity contribution in [3.8, 4) is 0 Å². The number of aromatic nitrogens is 2. The number of aliphatic hydroxyl groups excluding tert-OH is 1. The minimum absolute atomic E-state index is 0.00812. The summed E-state index contributed by atoms with van der Waals surface area (Å²) in [5, 5.41) is 9.07. The SMILES string of the molecule is Cc1cnc(C(=O)N2CCC(Cc3ccc(CO)cc3)C2)[nH]1. The second-order valence-electron chi connectivity index (χ2n) is 6.00. The molecule has 2 heterocycles. The van der Waals surface area contributed by atoms with Gasteiger partial charge in [-0.1, -0.05) is 24.3 Å². The number of rotatable bonds is 4.